The Bertz CT molecular complexity index is 1160. The van der Waals surface area contributed by atoms with Gasteiger partial charge in [-0.1, -0.05) is 66.7 Å². The number of H-pyrrole nitrogens is 1. The number of rotatable bonds is 2. The summed E-state index contributed by atoms with van der Waals surface area (Å²) in [5.41, 5.74) is 12.7. The minimum atomic E-state index is -0.385. The summed E-state index contributed by atoms with van der Waals surface area (Å²) in [6.07, 6.45) is 2.82. The number of hydrogen-bond donors (Lipinski definition) is 2. The number of para-hydroxylation sites is 1. The number of primary amides is 1. The van der Waals surface area contributed by atoms with Crippen LogP contribution >= 0.6 is 0 Å². The van der Waals surface area contributed by atoms with Crippen molar-refractivity contribution in [2.75, 3.05) is 6.54 Å². The van der Waals surface area contributed by atoms with Crippen LogP contribution in [0.4, 0.5) is 4.79 Å². The summed E-state index contributed by atoms with van der Waals surface area (Å²) in [6.45, 7) is 0.616. The molecule has 1 aromatic heterocycles. The molecule has 0 bridgehead atoms. The van der Waals surface area contributed by atoms with E-state index in [0.717, 1.165) is 34.0 Å². The number of benzene rings is 3. The molecular weight excluding hydrogens is 346 g/mol. The average molecular weight is 367 g/mol. The van der Waals surface area contributed by atoms with Gasteiger partial charge in [0.05, 0.1) is 6.04 Å². The van der Waals surface area contributed by atoms with E-state index in [4.69, 9.17) is 5.73 Å². The fourth-order valence-corrected chi connectivity index (χ4v) is 4.43. The van der Waals surface area contributed by atoms with Crippen LogP contribution in [0.1, 0.15) is 22.7 Å². The Labute approximate surface area is 163 Å². The van der Waals surface area contributed by atoms with Gasteiger partial charge in [0.25, 0.3) is 0 Å². The highest BCUT2D eigenvalue weighted by Gasteiger charge is 2.34. The van der Waals surface area contributed by atoms with Crippen LogP contribution in [0.25, 0.3) is 22.0 Å². The molecule has 5 rings (SSSR count). The lowest BCUT2D eigenvalue weighted by Gasteiger charge is -2.37. The van der Waals surface area contributed by atoms with E-state index in [2.05, 4.69) is 47.4 Å². The number of aromatic amines is 1. The van der Waals surface area contributed by atoms with Crippen LogP contribution < -0.4 is 5.73 Å². The van der Waals surface area contributed by atoms with Gasteiger partial charge < -0.3 is 15.6 Å². The van der Waals surface area contributed by atoms with Crippen molar-refractivity contribution in [1.29, 1.82) is 0 Å². The molecular formula is C24H21N3O. The van der Waals surface area contributed by atoms with E-state index in [1.807, 2.05) is 36.5 Å². The normalized spacial score (nSPS) is 16.1. The van der Waals surface area contributed by atoms with Crippen LogP contribution in [0.5, 0.6) is 0 Å². The van der Waals surface area contributed by atoms with Crippen molar-refractivity contribution in [3.63, 3.8) is 0 Å². The first kappa shape index (κ1) is 16.6. The van der Waals surface area contributed by atoms with Gasteiger partial charge in [-0.3, -0.25) is 0 Å². The second-order valence-corrected chi connectivity index (χ2v) is 7.22. The summed E-state index contributed by atoms with van der Waals surface area (Å²) in [4.78, 5) is 17.5. The zero-order chi connectivity index (χ0) is 19.1. The van der Waals surface area contributed by atoms with Crippen LogP contribution in [-0.4, -0.2) is 22.5 Å². The second-order valence-electron chi connectivity index (χ2n) is 7.22. The van der Waals surface area contributed by atoms with E-state index >= 15 is 0 Å². The van der Waals surface area contributed by atoms with E-state index in [9.17, 15) is 4.79 Å². The van der Waals surface area contributed by atoms with Crippen LogP contribution in [0.3, 0.4) is 0 Å². The van der Waals surface area contributed by atoms with E-state index in [-0.39, 0.29) is 12.1 Å². The van der Waals surface area contributed by atoms with Crippen molar-refractivity contribution in [3.05, 3.63) is 95.7 Å². The molecule has 1 unspecified atom stereocenters. The van der Waals surface area contributed by atoms with Gasteiger partial charge in [-0.25, -0.2) is 4.79 Å². The van der Waals surface area contributed by atoms with Crippen LogP contribution in [0, 0.1) is 0 Å². The molecule has 4 aromatic rings. The predicted molar refractivity (Wildman–Crippen MR) is 112 cm³/mol. The maximum Gasteiger partial charge on any atom is 0.315 e. The van der Waals surface area contributed by atoms with Crippen LogP contribution in [-0.2, 0) is 6.42 Å². The number of carbonyl (C=O) groups excluding carboxylic acids is 1. The quantitative estimate of drug-likeness (QED) is 0.522. The fourth-order valence-electron chi connectivity index (χ4n) is 4.43. The molecule has 1 aliphatic heterocycles. The zero-order valence-corrected chi connectivity index (χ0v) is 15.4. The van der Waals surface area contributed by atoms with Gasteiger partial charge in [-0.15, -0.1) is 0 Å². The Morgan fingerprint density at radius 3 is 2.57 bits per heavy atom. The molecule has 0 saturated heterocycles. The third-order valence-corrected chi connectivity index (χ3v) is 5.69. The molecule has 0 radical (unpaired) electrons. The average Bonchev–Trinajstić information content (AvgIpc) is 3.17. The molecule has 4 heteroatoms. The lowest BCUT2D eigenvalue weighted by atomic mass is 9.83. The molecule has 1 aliphatic rings. The molecule has 0 fully saturated rings. The third kappa shape index (κ3) is 2.57. The van der Waals surface area contributed by atoms with Crippen LogP contribution in [0.2, 0.25) is 0 Å². The molecule has 3 aromatic carbocycles. The molecule has 28 heavy (non-hydrogen) atoms. The SMILES string of the molecule is NC(=O)N1CCc2cccc(-c3ccccc3)c2C1c1c[nH]c2ccccc12. The van der Waals surface area contributed by atoms with E-state index in [0.29, 0.717) is 6.54 Å². The highest BCUT2D eigenvalue weighted by Crippen LogP contribution is 2.42. The van der Waals surface area contributed by atoms with Gasteiger partial charge in [0.1, 0.15) is 0 Å². The summed E-state index contributed by atoms with van der Waals surface area (Å²) in [6, 6.07) is 24.4. The summed E-state index contributed by atoms with van der Waals surface area (Å²) in [5, 5.41) is 1.12. The number of fused-ring (bicyclic) bond motifs is 2. The number of amides is 2. The number of nitrogens with zero attached hydrogens (tertiary/aromatic N) is 1. The molecule has 4 nitrogen and oxygen atoms in total. The Morgan fingerprint density at radius 2 is 1.75 bits per heavy atom. The molecule has 1 atom stereocenters. The van der Waals surface area contributed by atoms with Gasteiger partial charge in [-0.2, -0.15) is 0 Å². The number of aromatic nitrogens is 1. The number of nitrogens with one attached hydrogen (secondary N) is 1. The minimum absolute atomic E-state index is 0.214. The van der Waals surface area contributed by atoms with Crippen molar-refractivity contribution >= 4 is 16.9 Å². The highest BCUT2D eigenvalue weighted by molar-refractivity contribution is 5.86. The summed E-state index contributed by atoms with van der Waals surface area (Å²) in [7, 11) is 0. The molecule has 2 amide bonds. The predicted octanol–water partition coefficient (Wildman–Crippen LogP) is 4.86. The van der Waals surface area contributed by atoms with Crippen molar-refractivity contribution in [2.45, 2.75) is 12.5 Å². The molecule has 3 N–H and O–H groups in total. The highest BCUT2D eigenvalue weighted by atomic mass is 16.2. The van der Waals surface area contributed by atoms with Gasteiger partial charge in [0.2, 0.25) is 0 Å². The van der Waals surface area contributed by atoms with Gasteiger partial charge >= 0.3 is 6.03 Å². The van der Waals surface area contributed by atoms with Gasteiger partial charge in [0, 0.05) is 29.2 Å². The smallest absolute Gasteiger partial charge is 0.315 e. The van der Waals surface area contributed by atoms with E-state index in [1.165, 1.54) is 11.1 Å². The number of carbonyl (C=O) groups is 1. The summed E-state index contributed by atoms with van der Waals surface area (Å²) < 4.78 is 0. The number of nitrogens with two attached hydrogens (primary N) is 1. The monoisotopic (exact) mass is 367 g/mol. The standard InChI is InChI=1S/C24H21N3O/c25-24(28)27-14-13-17-9-6-11-18(16-7-2-1-3-8-16)22(17)23(27)20-15-26-21-12-5-4-10-19(20)21/h1-12,15,23,26H,13-14H2,(H2,25,28). The van der Waals surface area contributed by atoms with E-state index < -0.39 is 0 Å². The first-order chi connectivity index (χ1) is 13.7. The maximum atomic E-state index is 12.4. The molecule has 2 heterocycles. The van der Waals surface area contributed by atoms with Crippen molar-refractivity contribution in [3.8, 4) is 11.1 Å². The van der Waals surface area contributed by atoms with Crippen molar-refractivity contribution < 1.29 is 4.79 Å². The molecule has 0 spiro atoms. The largest absolute Gasteiger partial charge is 0.361 e. The number of urea groups is 1. The first-order valence-electron chi connectivity index (χ1n) is 9.53. The zero-order valence-electron chi connectivity index (χ0n) is 15.4. The Morgan fingerprint density at radius 1 is 0.964 bits per heavy atom. The Hall–Kier alpha value is -3.53. The Balaban J connectivity index is 1.79. The van der Waals surface area contributed by atoms with Crippen molar-refractivity contribution in [2.24, 2.45) is 5.73 Å². The maximum absolute atomic E-state index is 12.4. The third-order valence-electron chi connectivity index (χ3n) is 5.69. The number of hydrogen-bond acceptors (Lipinski definition) is 1. The lowest BCUT2D eigenvalue weighted by Crippen LogP contribution is -2.43. The summed E-state index contributed by atoms with van der Waals surface area (Å²) >= 11 is 0. The van der Waals surface area contributed by atoms with Gasteiger partial charge in [0.15, 0.2) is 0 Å². The van der Waals surface area contributed by atoms with Gasteiger partial charge in [-0.05, 0) is 34.7 Å². The van der Waals surface area contributed by atoms with Crippen molar-refractivity contribution in [1.82, 2.24) is 9.88 Å². The first-order valence-corrected chi connectivity index (χ1v) is 9.53. The molecule has 0 aliphatic carbocycles. The molecule has 0 saturated carbocycles. The van der Waals surface area contributed by atoms with E-state index in [1.54, 1.807) is 4.90 Å². The second kappa shape index (κ2) is 6.57. The summed E-state index contributed by atoms with van der Waals surface area (Å²) in [5.74, 6) is 0. The lowest BCUT2D eigenvalue weighted by molar-refractivity contribution is 0.190. The molecule has 138 valence electrons. The fraction of sp³-hybridized carbons (Fsp3) is 0.125. The van der Waals surface area contributed by atoms with Crippen LogP contribution in [0.15, 0.2) is 79.0 Å². The minimum Gasteiger partial charge on any atom is -0.361 e. The Kier molecular flexibility index (Phi) is 3.90. The topological polar surface area (TPSA) is 62.1 Å².